The summed E-state index contributed by atoms with van der Waals surface area (Å²) in [4.78, 5) is 13.3. The molecular weight excluding hydrogens is 453 g/mol. The van der Waals surface area contributed by atoms with Gasteiger partial charge in [-0.3, -0.25) is 0 Å². The molecule has 186 valence electrons. The van der Waals surface area contributed by atoms with Crippen molar-refractivity contribution in [2.75, 3.05) is 20.2 Å². The monoisotopic (exact) mass is 482 g/mol. The SMILES string of the molecule is CC(C)(C)OC(=O)N1CCCCC1.COc1cc(-c2n[nH]nc2C)cn2ncc(C(F)(F)F)c12. The Hall–Kier alpha value is -3.31. The van der Waals surface area contributed by atoms with Crippen molar-refractivity contribution in [2.24, 2.45) is 0 Å². The summed E-state index contributed by atoms with van der Waals surface area (Å²) in [6, 6.07) is 1.48. The van der Waals surface area contributed by atoms with Gasteiger partial charge in [0.15, 0.2) is 0 Å². The zero-order chi connectivity index (χ0) is 25.1. The Labute approximate surface area is 195 Å². The summed E-state index contributed by atoms with van der Waals surface area (Å²) in [7, 11) is 1.31. The smallest absolute Gasteiger partial charge is 0.420 e. The highest BCUT2D eigenvalue weighted by atomic mass is 19.4. The maximum absolute atomic E-state index is 13.0. The van der Waals surface area contributed by atoms with Gasteiger partial charge >= 0.3 is 12.3 Å². The number of carbonyl (C=O) groups excluding carboxylic acids is 1. The van der Waals surface area contributed by atoms with Crippen LogP contribution >= 0.6 is 0 Å². The summed E-state index contributed by atoms with van der Waals surface area (Å²) in [5.41, 5.74) is 0.369. The summed E-state index contributed by atoms with van der Waals surface area (Å²) in [6.07, 6.45) is 1.03. The molecule has 3 aromatic rings. The third-order valence-corrected chi connectivity index (χ3v) is 5.11. The Morgan fingerprint density at radius 3 is 2.32 bits per heavy atom. The molecule has 0 aromatic carbocycles. The Morgan fingerprint density at radius 1 is 1.12 bits per heavy atom. The molecule has 1 aliphatic rings. The van der Waals surface area contributed by atoms with Crippen LogP contribution in [0, 0.1) is 6.92 Å². The standard InChI is InChI=1S/C12H10F3N5O.C10H19NO2/c1-6-10(18-19-17-6)7-3-9(21-2)11-8(12(13,14)15)4-16-20(11)5-7;1-10(2,3)13-9(12)11-7-5-4-6-8-11/h3-5H,1-2H3,(H,17,18,19);4-8H2,1-3H3. The van der Waals surface area contributed by atoms with E-state index < -0.39 is 11.7 Å². The molecule has 1 aliphatic heterocycles. The molecule has 1 saturated heterocycles. The molecule has 0 spiro atoms. The van der Waals surface area contributed by atoms with Crippen molar-refractivity contribution in [2.45, 2.75) is 58.7 Å². The van der Waals surface area contributed by atoms with Gasteiger partial charge in [0.25, 0.3) is 0 Å². The number of alkyl halides is 3. The van der Waals surface area contributed by atoms with Crippen LogP contribution in [-0.4, -0.2) is 61.8 Å². The molecule has 0 radical (unpaired) electrons. The number of H-pyrrole nitrogens is 1. The van der Waals surface area contributed by atoms with Crippen molar-refractivity contribution in [1.82, 2.24) is 29.9 Å². The van der Waals surface area contributed by atoms with E-state index in [2.05, 4.69) is 20.5 Å². The van der Waals surface area contributed by atoms with Gasteiger partial charge in [0.05, 0.1) is 19.0 Å². The van der Waals surface area contributed by atoms with E-state index in [9.17, 15) is 18.0 Å². The number of methoxy groups -OCH3 is 1. The van der Waals surface area contributed by atoms with Crippen LogP contribution in [0.25, 0.3) is 16.8 Å². The quantitative estimate of drug-likeness (QED) is 0.560. The van der Waals surface area contributed by atoms with Crippen LogP contribution in [0.1, 0.15) is 51.3 Å². The molecule has 9 nitrogen and oxygen atoms in total. The molecule has 0 atom stereocenters. The van der Waals surface area contributed by atoms with Gasteiger partial charge in [-0.05, 0) is 53.0 Å². The molecular formula is C22H29F3N6O3. The molecule has 1 amide bonds. The lowest BCUT2D eigenvalue weighted by Gasteiger charge is -2.29. The number of pyridine rings is 1. The van der Waals surface area contributed by atoms with E-state index in [0.717, 1.165) is 36.6 Å². The summed E-state index contributed by atoms with van der Waals surface area (Å²) < 4.78 is 50.4. The molecule has 4 heterocycles. The van der Waals surface area contributed by atoms with Crippen LogP contribution < -0.4 is 4.74 Å². The second-order valence-electron chi connectivity index (χ2n) is 8.93. The lowest BCUT2D eigenvalue weighted by atomic mass is 10.1. The number of aromatic amines is 1. The fourth-order valence-corrected chi connectivity index (χ4v) is 3.54. The number of likely N-dealkylation sites (tertiary alicyclic amines) is 1. The van der Waals surface area contributed by atoms with Crippen LogP contribution in [0.5, 0.6) is 5.75 Å². The lowest BCUT2D eigenvalue weighted by molar-refractivity contribution is -0.136. The summed E-state index contributed by atoms with van der Waals surface area (Å²) in [6.45, 7) is 9.14. The van der Waals surface area contributed by atoms with Crippen molar-refractivity contribution in [3.8, 4) is 17.0 Å². The minimum absolute atomic E-state index is 0.0692. The van der Waals surface area contributed by atoms with Gasteiger partial charge in [-0.25, -0.2) is 9.31 Å². The second-order valence-corrected chi connectivity index (χ2v) is 8.93. The molecule has 0 bridgehead atoms. The summed E-state index contributed by atoms with van der Waals surface area (Å²) in [5.74, 6) is 0.0692. The first-order valence-corrected chi connectivity index (χ1v) is 10.9. The Balaban J connectivity index is 0.000000215. The Kier molecular flexibility index (Phi) is 7.37. The van der Waals surface area contributed by atoms with E-state index in [0.29, 0.717) is 17.0 Å². The number of piperidine rings is 1. The first kappa shape index (κ1) is 25.3. The highest BCUT2D eigenvalue weighted by molar-refractivity contribution is 5.73. The molecule has 0 unspecified atom stereocenters. The number of aromatic nitrogens is 5. The topological polar surface area (TPSA) is 97.6 Å². The fourth-order valence-electron chi connectivity index (χ4n) is 3.54. The van der Waals surface area contributed by atoms with Gasteiger partial charge in [-0.2, -0.15) is 33.7 Å². The van der Waals surface area contributed by atoms with Crippen molar-refractivity contribution in [1.29, 1.82) is 0 Å². The van der Waals surface area contributed by atoms with E-state index in [1.165, 1.54) is 25.8 Å². The molecule has 0 saturated carbocycles. The predicted octanol–water partition coefficient (Wildman–Crippen LogP) is 4.86. The number of aryl methyl sites for hydroxylation is 1. The number of nitrogens with one attached hydrogen (secondary N) is 1. The van der Waals surface area contributed by atoms with Crippen molar-refractivity contribution >= 4 is 11.6 Å². The number of halogens is 3. The maximum atomic E-state index is 13.0. The average molecular weight is 483 g/mol. The normalized spacial score (nSPS) is 14.5. The minimum Gasteiger partial charge on any atom is -0.494 e. The van der Waals surface area contributed by atoms with Crippen LogP contribution in [-0.2, 0) is 10.9 Å². The minimum atomic E-state index is -4.50. The highest BCUT2D eigenvalue weighted by Gasteiger charge is 2.36. The lowest BCUT2D eigenvalue weighted by Crippen LogP contribution is -2.39. The highest BCUT2D eigenvalue weighted by Crippen LogP contribution is 2.37. The zero-order valence-electron chi connectivity index (χ0n) is 19.9. The number of carbonyl (C=O) groups is 1. The number of nitrogens with zero attached hydrogens (tertiary/aromatic N) is 5. The Bertz CT molecular complexity index is 1130. The van der Waals surface area contributed by atoms with Gasteiger partial charge in [0.2, 0.25) is 0 Å². The number of amides is 1. The van der Waals surface area contributed by atoms with Crippen LogP contribution in [0.4, 0.5) is 18.0 Å². The van der Waals surface area contributed by atoms with Gasteiger partial charge in [-0.15, -0.1) is 0 Å². The summed E-state index contributed by atoms with van der Waals surface area (Å²) >= 11 is 0. The molecule has 1 fully saturated rings. The van der Waals surface area contributed by atoms with Gasteiger partial charge in [0, 0.05) is 24.8 Å². The molecule has 12 heteroatoms. The zero-order valence-corrected chi connectivity index (χ0v) is 19.9. The average Bonchev–Trinajstić information content (AvgIpc) is 3.39. The molecule has 4 rings (SSSR count). The summed E-state index contributed by atoms with van der Waals surface area (Å²) in [5, 5.41) is 14.1. The van der Waals surface area contributed by atoms with Gasteiger partial charge < -0.3 is 14.4 Å². The van der Waals surface area contributed by atoms with E-state index in [-0.39, 0.29) is 23.0 Å². The van der Waals surface area contributed by atoms with E-state index in [1.807, 2.05) is 20.8 Å². The number of rotatable bonds is 2. The molecule has 3 aromatic heterocycles. The van der Waals surface area contributed by atoms with Crippen LogP contribution in [0.3, 0.4) is 0 Å². The largest absolute Gasteiger partial charge is 0.494 e. The predicted molar refractivity (Wildman–Crippen MR) is 119 cm³/mol. The van der Waals surface area contributed by atoms with E-state index in [4.69, 9.17) is 9.47 Å². The molecule has 0 aliphatic carbocycles. The van der Waals surface area contributed by atoms with E-state index in [1.54, 1.807) is 11.8 Å². The maximum Gasteiger partial charge on any atom is 0.420 e. The fraction of sp³-hybridized carbons (Fsp3) is 0.545. The molecule has 34 heavy (non-hydrogen) atoms. The van der Waals surface area contributed by atoms with Gasteiger partial charge in [-0.1, -0.05) is 0 Å². The third kappa shape index (κ3) is 5.97. The number of ether oxygens (including phenoxy) is 2. The van der Waals surface area contributed by atoms with E-state index >= 15 is 0 Å². The number of fused-ring (bicyclic) bond motifs is 1. The van der Waals surface area contributed by atoms with Crippen LogP contribution in [0.2, 0.25) is 0 Å². The van der Waals surface area contributed by atoms with Crippen molar-refractivity contribution < 1.29 is 27.4 Å². The Morgan fingerprint density at radius 2 is 1.79 bits per heavy atom. The van der Waals surface area contributed by atoms with Crippen molar-refractivity contribution in [3.63, 3.8) is 0 Å². The number of hydrogen-bond acceptors (Lipinski definition) is 6. The first-order chi connectivity index (χ1) is 15.9. The number of hydrogen-bond donors (Lipinski definition) is 1. The van der Waals surface area contributed by atoms with Crippen molar-refractivity contribution in [3.05, 3.63) is 29.7 Å². The van der Waals surface area contributed by atoms with Crippen LogP contribution in [0.15, 0.2) is 18.5 Å². The molecule has 1 N–H and O–H groups in total. The third-order valence-electron chi connectivity index (χ3n) is 5.11. The second kappa shape index (κ2) is 9.90. The van der Waals surface area contributed by atoms with Gasteiger partial charge in [0.1, 0.15) is 28.1 Å². The first-order valence-electron chi connectivity index (χ1n) is 10.9.